The van der Waals surface area contributed by atoms with Gasteiger partial charge < -0.3 is 15.2 Å². The molecular weight excluding hydrogens is 304 g/mol. The Balaban J connectivity index is 0.00000200. The van der Waals surface area contributed by atoms with Gasteiger partial charge in [-0.3, -0.25) is 0 Å². The van der Waals surface area contributed by atoms with Crippen LogP contribution >= 0.6 is 12.4 Å². The number of nitrogens with one attached hydrogen (secondary N) is 1. The van der Waals surface area contributed by atoms with Crippen molar-refractivity contribution in [1.29, 1.82) is 0 Å². The molecule has 0 spiro atoms. The van der Waals surface area contributed by atoms with Gasteiger partial charge in [-0.2, -0.15) is 0 Å². The fourth-order valence-electron chi connectivity index (χ4n) is 1.75. The molecule has 8 heteroatoms. The number of rotatable bonds is 6. The second kappa shape index (κ2) is 7.68. The highest BCUT2D eigenvalue weighted by Crippen LogP contribution is 2.32. The summed E-state index contributed by atoms with van der Waals surface area (Å²) in [5.74, 6) is 1.05. The molecule has 0 bridgehead atoms. The van der Waals surface area contributed by atoms with Crippen LogP contribution in [0.5, 0.6) is 11.5 Å². The molecule has 0 saturated heterocycles. The maximum absolute atomic E-state index is 12.0. The van der Waals surface area contributed by atoms with Crippen LogP contribution in [-0.4, -0.2) is 34.7 Å². The van der Waals surface area contributed by atoms with Crippen molar-refractivity contribution in [2.45, 2.75) is 17.7 Å². The highest BCUT2D eigenvalue weighted by atomic mass is 35.5. The molecule has 2 rings (SSSR count). The molecule has 0 radical (unpaired) electrons. The molecule has 1 heterocycles. The van der Waals surface area contributed by atoms with Crippen molar-refractivity contribution in [2.75, 3.05) is 26.3 Å². The zero-order valence-corrected chi connectivity index (χ0v) is 12.6. The van der Waals surface area contributed by atoms with E-state index < -0.39 is 10.0 Å². The average molecular weight is 323 g/mol. The van der Waals surface area contributed by atoms with Crippen molar-refractivity contribution >= 4 is 22.4 Å². The van der Waals surface area contributed by atoms with E-state index in [1.54, 1.807) is 6.07 Å². The lowest BCUT2D eigenvalue weighted by molar-refractivity contribution is 0.171. The first-order valence-electron chi connectivity index (χ1n) is 6.23. The predicted octanol–water partition coefficient (Wildman–Crippen LogP) is 0.897. The largest absolute Gasteiger partial charge is 0.486 e. The van der Waals surface area contributed by atoms with Crippen molar-refractivity contribution in [2.24, 2.45) is 5.73 Å². The first kappa shape index (κ1) is 17.0. The van der Waals surface area contributed by atoms with Crippen molar-refractivity contribution in [3.63, 3.8) is 0 Å². The number of hydrogen-bond donors (Lipinski definition) is 2. The van der Waals surface area contributed by atoms with Gasteiger partial charge in [-0.05, 0) is 31.5 Å². The van der Waals surface area contributed by atoms with Crippen molar-refractivity contribution in [3.8, 4) is 11.5 Å². The van der Waals surface area contributed by atoms with Gasteiger partial charge in [0.05, 0.1) is 4.90 Å². The van der Waals surface area contributed by atoms with Gasteiger partial charge in [0.25, 0.3) is 0 Å². The van der Waals surface area contributed by atoms with E-state index in [9.17, 15) is 8.42 Å². The van der Waals surface area contributed by atoms with E-state index in [0.29, 0.717) is 37.8 Å². The Bertz CT molecular complexity index is 536. The maximum atomic E-state index is 12.0. The Kier molecular flexibility index (Phi) is 6.54. The molecule has 0 aliphatic carbocycles. The number of halogens is 1. The van der Waals surface area contributed by atoms with E-state index >= 15 is 0 Å². The molecule has 1 aliphatic rings. The smallest absolute Gasteiger partial charge is 0.240 e. The Morgan fingerprint density at radius 3 is 2.55 bits per heavy atom. The molecule has 0 atom stereocenters. The lowest BCUT2D eigenvalue weighted by Gasteiger charge is -2.18. The Morgan fingerprint density at radius 1 is 1.15 bits per heavy atom. The molecule has 3 N–H and O–H groups in total. The van der Waals surface area contributed by atoms with Gasteiger partial charge in [-0.1, -0.05) is 0 Å². The molecule has 6 nitrogen and oxygen atoms in total. The van der Waals surface area contributed by atoms with E-state index in [1.807, 2.05) is 0 Å². The highest BCUT2D eigenvalue weighted by Gasteiger charge is 2.18. The van der Waals surface area contributed by atoms with Gasteiger partial charge >= 0.3 is 0 Å². The molecule has 0 unspecified atom stereocenters. The third-order valence-electron chi connectivity index (χ3n) is 2.75. The van der Waals surface area contributed by atoms with Gasteiger partial charge in [0.15, 0.2) is 11.5 Å². The minimum atomic E-state index is -3.50. The summed E-state index contributed by atoms with van der Waals surface area (Å²) in [6.45, 7) is 1.86. The normalized spacial score (nSPS) is 13.7. The zero-order chi connectivity index (χ0) is 13.7. The number of nitrogens with two attached hydrogens (primary N) is 1. The summed E-state index contributed by atoms with van der Waals surface area (Å²) in [6.07, 6.45) is 1.52. The van der Waals surface area contributed by atoms with E-state index in [1.165, 1.54) is 12.1 Å². The van der Waals surface area contributed by atoms with E-state index in [0.717, 1.165) is 12.8 Å². The second-order valence-corrected chi connectivity index (χ2v) is 5.97. The second-order valence-electron chi connectivity index (χ2n) is 4.20. The molecule has 1 aromatic carbocycles. The molecule has 0 amide bonds. The first-order valence-corrected chi connectivity index (χ1v) is 7.71. The van der Waals surface area contributed by atoms with Crippen LogP contribution in [0.25, 0.3) is 0 Å². The van der Waals surface area contributed by atoms with Crippen LogP contribution in [0.1, 0.15) is 12.8 Å². The van der Waals surface area contributed by atoms with Crippen LogP contribution in [0, 0.1) is 0 Å². The highest BCUT2D eigenvalue weighted by molar-refractivity contribution is 7.89. The van der Waals surface area contributed by atoms with Gasteiger partial charge in [-0.25, -0.2) is 13.1 Å². The molecular formula is C12H19ClN2O4S. The van der Waals surface area contributed by atoms with Gasteiger partial charge in [0, 0.05) is 12.6 Å². The van der Waals surface area contributed by atoms with Gasteiger partial charge in [0.2, 0.25) is 10.0 Å². The van der Waals surface area contributed by atoms with Crippen molar-refractivity contribution < 1.29 is 17.9 Å². The number of benzene rings is 1. The van der Waals surface area contributed by atoms with Crippen LogP contribution in [-0.2, 0) is 10.0 Å². The van der Waals surface area contributed by atoms with E-state index in [2.05, 4.69) is 4.72 Å². The molecule has 1 aromatic rings. The van der Waals surface area contributed by atoms with Crippen LogP contribution < -0.4 is 19.9 Å². The minimum absolute atomic E-state index is 0. The topological polar surface area (TPSA) is 90.7 Å². The number of hydrogen-bond acceptors (Lipinski definition) is 5. The summed E-state index contributed by atoms with van der Waals surface area (Å²) in [6, 6.07) is 4.61. The third kappa shape index (κ3) is 4.24. The number of fused-ring (bicyclic) bond motifs is 1. The summed E-state index contributed by atoms with van der Waals surface area (Å²) in [4.78, 5) is 0.185. The monoisotopic (exact) mass is 322 g/mol. The molecule has 20 heavy (non-hydrogen) atoms. The molecule has 114 valence electrons. The lowest BCUT2D eigenvalue weighted by Crippen LogP contribution is -2.25. The SMILES string of the molecule is Cl.NCCCCNS(=O)(=O)c1ccc2c(c1)OCCO2. The molecule has 0 aromatic heterocycles. The fourth-order valence-corrected chi connectivity index (χ4v) is 2.84. The average Bonchev–Trinajstić information content (AvgIpc) is 2.43. The zero-order valence-electron chi connectivity index (χ0n) is 11.0. The molecule has 0 fully saturated rings. The first-order chi connectivity index (χ1) is 9.13. The Labute approximate surface area is 125 Å². The molecule has 0 saturated carbocycles. The lowest BCUT2D eigenvalue weighted by atomic mass is 10.3. The summed E-state index contributed by atoms with van der Waals surface area (Å²) in [7, 11) is -3.50. The molecule has 1 aliphatic heterocycles. The van der Waals surface area contributed by atoms with Crippen LogP contribution in [0.4, 0.5) is 0 Å². The summed E-state index contributed by atoms with van der Waals surface area (Å²) >= 11 is 0. The van der Waals surface area contributed by atoms with Gasteiger partial charge in [0.1, 0.15) is 13.2 Å². The van der Waals surface area contributed by atoms with Crippen molar-refractivity contribution in [3.05, 3.63) is 18.2 Å². The van der Waals surface area contributed by atoms with Crippen LogP contribution in [0.2, 0.25) is 0 Å². The Hall–Kier alpha value is -1.02. The van der Waals surface area contributed by atoms with Gasteiger partial charge in [-0.15, -0.1) is 12.4 Å². The third-order valence-corrected chi connectivity index (χ3v) is 4.21. The van der Waals surface area contributed by atoms with Crippen LogP contribution in [0.15, 0.2) is 23.1 Å². The van der Waals surface area contributed by atoms with E-state index in [4.69, 9.17) is 15.2 Å². The van der Waals surface area contributed by atoms with E-state index in [-0.39, 0.29) is 17.3 Å². The standard InChI is InChI=1S/C12H18N2O4S.ClH/c13-5-1-2-6-14-19(15,16)10-3-4-11-12(9-10)18-8-7-17-11;/h3-4,9,14H,1-2,5-8,13H2;1H. The number of sulfonamides is 1. The maximum Gasteiger partial charge on any atom is 0.240 e. The summed E-state index contributed by atoms with van der Waals surface area (Å²) in [5, 5.41) is 0. The summed E-state index contributed by atoms with van der Waals surface area (Å²) in [5.41, 5.74) is 5.36. The number of unbranched alkanes of at least 4 members (excludes halogenated alkanes) is 1. The summed E-state index contributed by atoms with van der Waals surface area (Å²) < 4.78 is 37.3. The Morgan fingerprint density at radius 2 is 1.85 bits per heavy atom. The quantitative estimate of drug-likeness (QED) is 0.759. The van der Waals surface area contributed by atoms with Crippen molar-refractivity contribution in [1.82, 2.24) is 4.72 Å². The predicted molar refractivity (Wildman–Crippen MR) is 78.2 cm³/mol. The van der Waals surface area contributed by atoms with Crippen LogP contribution in [0.3, 0.4) is 0 Å². The number of ether oxygens (including phenoxy) is 2. The minimum Gasteiger partial charge on any atom is -0.486 e. The fraction of sp³-hybridized carbons (Fsp3) is 0.500.